The first-order chi connectivity index (χ1) is 11.6. The molecule has 0 aliphatic carbocycles. The molecule has 1 aliphatic heterocycles. The predicted octanol–water partition coefficient (Wildman–Crippen LogP) is 2.85. The highest BCUT2D eigenvalue weighted by molar-refractivity contribution is 7.90. The average Bonchev–Trinajstić information content (AvgIpc) is 2.52. The second kappa shape index (κ2) is 6.23. The van der Waals surface area contributed by atoms with Crippen molar-refractivity contribution < 1.29 is 16.8 Å². The summed E-state index contributed by atoms with van der Waals surface area (Å²) in [5.74, 6) is 0. The largest absolute Gasteiger partial charge is 0.243 e. The van der Waals surface area contributed by atoms with Crippen LogP contribution in [0.1, 0.15) is 18.9 Å². The molecule has 0 N–H and O–H groups in total. The normalized spacial score (nSPS) is 18.8. The van der Waals surface area contributed by atoms with Crippen molar-refractivity contribution in [2.75, 3.05) is 12.8 Å². The van der Waals surface area contributed by atoms with Gasteiger partial charge in [-0.25, -0.2) is 16.8 Å². The molecule has 0 radical (unpaired) electrons. The van der Waals surface area contributed by atoms with Gasteiger partial charge in [-0.2, -0.15) is 4.31 Å². The van der Waals surface area contributed by atoms with Crippen molar-refractivity contribution in [1.82, 2.24) is 4.31 Å². The Morgan fingerprint density at radius 2 is 1.56 bits per heavy atom. The van der Waals surface area contributed by atoms with Gasteiger partial charge in [-0.3, -0.25) is 0 Å². The summed E-state index contributed by atoms with van der Waals surface area (Å²) in [5.41, 5.74) is 2.57. The third-order valence-corrected chi connectivity index (χ3v) is 7.79. The Bertz CT molecular complexity index is 1010. The molecule has 3 rings (SSSR count). The molecule has 1 heterocycles. The Labute approximate surface area is 149 Å². The van der Waals surface area contributed by atoms with Crippen LogP contribution in [0.4, 0.5) is 0 Å². The Morgan fingerprint density at radius 1 is 0.960 bits per heavy atom. The van der Waals surface area contributed by atoms with Crippen molar-refractivity contribution in [2.45, 2.75) is 36.1 Å². The molecule has 1 saturated heterocycles. The van der Waals surface area contributed by atoms with E-state index < -0.39 is 19.9 Å². The van der Waals surface area contributed by atoms with E-state index in [0.29, 0.717) is 11.4 Å². The highest BCUT2D eigenvalue weighted by Crippen LogP contribution is 2.31. The highest BCUT2D eigenvalue weighted by atomic mass is 32.2. The minimum Gasteiger partial charge on any atom is -0.224 e. The van der Waals surface area contributed by atoms with Gasteiger partial charge in [0.25, 0.3) is 0 Å². The van der Waals surface area contributed by atoms with Gasteiger partial charge in [0.2, 0.25) is 10.0 Å². The minimum absolute atomic E-state index is 0.0496. The molecule has 0 saturated carbocycles. The maximum Gasteiger partial charge on any atom is 0.243 e. The van der Waals surface area contributed by atoms with Crippen LogP contribution < -0.4 is 0 Å². The smallest absolute Gasteiger partial charge is 0.224 e. The molecule has 1 unspecified atom stereocenters. The number of hydrogen-bond donors (Lipinski definition) is 0. The van der Waals surface area contributed by atoms with E-state index >= 15 is 0 Å². The molecule has 0 amide bonds. The average molecular weight is 380 g/mol. The van der Waals surface area contributed by atoms with Crippen LogP contribution in [0.5, 0.6) is 0 Å². The first kappa shape index (κ1) is 18.1. The van der Waals surface area contributed by atoms with Gasteiger partial charge in [0.05, 0.1) is 9.79 Å². The summed E-state index contributed by atoms with van der Waals surface area (Å²) in [5, 5.41) is 0. The van der Waals surface area contributed by atoms with Crippen molar-refractivity contribution in [3.8, 4) is 11.1 Å². The summed E-state index contributed by atoms with van der Waals surface area (Å²) >= 11 is 0. The minimum atomic E-state index is -3.44. The molecular weight excluding hydrogens is 358 g/mol. The Kier molecular flexibility index (Phi) is 4.51. The molecule has 25 heavy (non-hydrogen) atoms. The number of hydrogen-bond acceptors (Lipinski definition) is 4. The number of aryl methyl sites for hydroxylation is 1. The number of sulfonamides is 1. The topological polar surface area (TPSA) is 71.5 Å². The van der Waals surface area contributed by atoms with Crippen molar-refractivity contribution in [1.29, 1.82) is 0 Å². The van der Waals surface area contributed by atoms with E-state index in [4.69, 9.17) is 0 Å². The van der Waals surface area contributed by atoms with Crippen molar-refractivity contribution >= 4 is 19.9 Å². The fraction of sp³-hybridized carbons (Fsp3) is 0.333. The molecule has 1 aliphatic rings. The van der Waals surface area contributed by atoms with E-state index in [9.17, 15) is 16.8 Å². The van der Waals surface area contributed by atoms with Crippen LogP contribution in [0, 0.1) is 6.92 Å². The van der Waals surface area contributed by atoms with E-state index in [1.54, 1.807) is 42.5 Å². The second-order valence-electron chi connectivity index (χ2n) is 6.53. The van der Waals surface area contributed by atoms with E-state index in [1.165, 1.54) is 10.6 Å². The first-order valence-electron chi connectivity index (χ1n) is 8.04. The summed E-state index contributed by atoms with van der Waals surface area (Å²) in [6, 6.07) is 11.7. The summed E-state index contributed by atoms with van der Waals surface area (Å²) < 4.78 is 49.9. The van der Waals surface area contributed by atoms with Gasteiger partial charge in [0.15, 0.2) is 9.84 Å². The van der Waals surface area contributed by atoms with Crippen LogP contribution in [-0.4, -0.2) is 40.0 Å². The molecule has 1 fully saturated rings. The van der Waals surface area contributed by atoms with E-state index in [-0.39, 0.29) is 10.9 Å². The van der Waals surface area contributed by atoms with E-state index in [2.05, 4.69) is 0 Å². The SMILES string of the molecule is Cc1cc(S(=O)(=O)N2CCC2C)ccc1-c1ccc(S(C)(=O)=O)cc1. The third-order valence-electron chi connectivity index (χ3n) is 4.66. The lowest BCUT2D eigenvalue weighted by atomic mass is 10.0. The quantitative estimate of drug-likeness (QED) is 0.819. The number of rotatable bonds is 4. The fourth-order valence-electron chi connectivity index (χ4n) is 2.99. The number of sulfone groups is 1. The summed E-state index contributed by atoms with van der Waals surface area (Å²) in [7, 11) is -6.68. The zero-order valence-corrected chi connectivity index (χ0v) is 16.1. The van der Waals surface area contributed by atoms with Crippen LogP contribution >= 0.6 is 0 Å². The van der Waals surface area contributed by atoms with Crippen LogP contribution in [0.25, 0.3) is 11.1 Å². The van der Waals surface area contributed by atoms with Gasteiger partial charge in [0.1, 0.15) is 0 Å². The van der Waals surface area contributed by atoms with Gasteiger partial charge < -0.3 is 0 Å². The monoisotopic (exact) mass is 379 g/mol. The summed E-state index contributed by atoms with van der Waals surface area (Å²) in [6.45, 7) is 4.33. The molecule has 1 atom stereocenters. The molecule has 0 aromatic heterocycles. The van der Waals surface area contributed by atoms with Crippen molar-refractivity contribution in [3.63, 3.8) is 0 Å². The molecule has 5 nitrogen and oxygen atoms in total. The Hall–Kier alpha value is -1.70. The lowest BCUT2D eigenvalue weighted by Gasteiger charge is -2.37. The molecule has 7 heteroatoms. The van der Waals surface area contributed by atoms with Crippen molar-refractivity contribution in [3.05, 3.63) is 48.0 Å². The Balaban J connectivity index is 1.95. The fourth-order valence-corrected chi connectivity index (χ4v) is 5.38. The zero-order chi connectivity index (χ0) is 18.4. The molecule has 0 bridgehead atoms. The summed E-state index contributed by atoms with van der Waals surface area (Å²) in [4.78, 5) is 0.563. The highest BCUT2D eigenvalue weighted by Gasteiger charge is 2.35. The third kappa shape index (κ3) is 3.36. The van der Waals surface area contributed by atoms with Gasteiger partial charge in [-0.15, -0.1) is 0 Å². The number of nitrogens with zero attached hydrogens (tertiary/aromatic N) is 1. The molecular formula is C18H21NO4S2. The maximum absolute atomic E-state index is 12.6. The second-order valence-corrected chi connectivity index (χ2v) is 10.4. The summed E-state index contributed by atoms with van der Waals surface area (Å²) in [6.07, 6.45) is 2.06. The van der Waals surface area contributed by atoms with Crippen LogP contribution in [-0.2, 0) is 19.9 Å². The van der Waals surface area contributed by atoms with Crippen LogP contribution in [0.15, 0.2) is 52.3 Å². The van der Waals surface area contributed by atoms with Crippen LogP contribution in [0.2, 0.25) is 0 Å². The molecule has 0 spiro atoms. The van der Waals surface area contributed by atoms with Gasteiger partial charge in [-0.1, -0.05) is 18.2 Å². The standard InChI is InChI=1S/C18H21NO4S2/c1-13-12-17(25(22,23)19-11-10-14(19)2)8-9-18(13)15-4-6-16(7-5-15)24(3,20)21/h4-9,12,14H,10-11H2,1-3H3. The van der Waals surface area contributed by atoms with Gasteiger partial charge in [0, 0.05) is 18.8 Å². The molecule has 2 aromatic carbocycles. The van der Waals surface area contributed by atoms with Gasteiger partial charge in [-0.05, 0) is 61.2 Å². The molecule has 134 valence electrons. The zero-order valence-electron chi connectivity index (χ0n) is 14.4. The first-order valence-corrected chi connectivity index (χ1v) is 11.4. The Morgan fingerprint density at radius 3 is 2.00 bits per heavy atom. The van der Waals surface area contributed by atoms with E-state index in [1.807, 2.05) is 13.8 Å². The predicted molar refractivity (Wildman–Crippen MR) is 97.7 cm³/mol. The number of benzene rings is 2. The van der Waals surface area contributed by atoms with Crippen LogP contribution in [0.3, 0.4) is 0 Å². The lowest BCUT2D eigenvalue weighted by Crippen LogP contribution is -2.49. The van der Waals surface area contributed by atoms with E-state index in [0.717, 1.165) is 23.1 Å². The van der Waals surface area contributed by atoms with Gasteiger partial charge >= 0.3 is 0 Å². The maximum atomic E-state index is 12.6. The molecule has 2 aromatic rings. The van der Waals surface area contributed by atoms with Crippen molar-refractivity contribution in [2.24, 2.45) is 0 Å². The lowest BCUT2D eigenvalue weighted by molar-refractivity contribution is 0.217.